The van der Waals surface area contributed by atoms with E-state index in [1.165, 1.54) is 5.56 Å². The first-order chi connectivity index (χ1) is 10.1. The summed E-state index contributed by atoms with van der Waals surface area (Å²) in [7, 11) is 0. The molecule has 0 spiro atoms. The van der Waals surface area contributed by atoms with Gasteiger partial charge in [-0.3, -0.25) is 4.90 Å². The van der Waals surface area contributed by atoms with E-state index in [1.54, 1.807) is 4.68 Å². The Morgan fingerprint density at radius 1 is 1.29 bits per heavy atom. The minimum Gasteiger partial charge on any atom is -0.382 e. The average Bonchev–Trinajstić information content (AvgIpc) is 3.08. The highest BCUT2D eigenvalue weighted by atomic mass is 16.3. The van der Waals surface area contributed by atoms with Gasteiger partial charge in [-0.25, -0.2) is 4.68 Å². The molecule has 0 bridgehead atoms. The van der Waals surface area contributed by atoms with Gasteiger partial charge in [-0.2, -0.15) is 0 Å². The number of hydrogen-bond donors (Lipinski definition) is 1. The number of aliphatic hydroxyl groups is 1. The van der Waals surface area contributed by atoms with E-state index in [2.05, 4.69) is 41.2 Å². The third-order valence-electron chi connectivity index (χ3n) is 4.09. The van der Waals surface area contributed by atoms with Crippen LogP contribution in [0.15, 0.2) is 36.5 Å². The summed E-state index contributed by atoms with van der Waals surface area (Å²) in [5.41, 5.74) is 1.08. The fourth-order valence-corrected chi connectivity index (χ4v) is 2.80. The Hall–Kier alpha value is -1.72. The molecule has 3 rings (SSSR count). The molecule has 0 aliphatic carbocycles. The monoisotopic (exact) mass is 286 g/mol. The lowest BCUT2D eigenvalue weighted by atomic mass is 10.00. The largest absolute Gasteiger partial charge is 0.382 e. The first-order valence-electron chi connectivity index (χ1n) is 7.48. The molecule has 1 aromatic carbocycles. The Kier molecular flexibility index (Phi) is 3.78. The van der Waals surface area contributed by atoms with Gasteiger partial charge in [0.1, 0.15) is 11.3 Å². The summed E-state index contributed by atoms with van der Waals surface area (Å²) >= 11 is 0. The minimum absolute atomic E-state index is 0.261. The smallest absolute Gasteiger partial charge is 0.124 e. The fourth-order valence-electron chi connectivity index (χ4n) is 2.80. The Morgan fingerprint density at radius 3 is 2.71 bits per heavy atom. The van der Waals surface area contributed by atoms with Crippen LogP contribution in [0.1, 0.15) is 37.6 Å². The van der Waals surface area contributed by atoms with Crippen LogP contribution in [0.5, 0.6) is 0 Å². The molecule has 1 fully saturated rings. The summed E-state index contributed by atoms with van der Waals surface area (Å²) in [6.07, 6.45) is 2.58. The number of β-amino-alcohol motifs (C(OH)–C–C–N with tert-alkyl or cyclic N) is 1. The third-order valence-corrected chi connectivity index (χ3v) is 4.09. The molecule has 1 unspecified atom stereocenters. The second-order valence-corrected chi connectivity index (χ2v) is 6.16. The van der Waals surface area contributed by atoms with Gasteiger partial charge >= 0.3 is 0 Å². The van der Waals surface area contributed by atoms with Gasteiger partial charge in [0.15, 0.2) is 0 Å². The van der Waals surface area contributed by atoms with Crippen LogP contribution in [0.3, 0.4) is 0 Å². The van der Waals surface area contributed by atoms with E-state index in [9.17, 15) is 5.11 Å². The second-order valence-electron chi connectivity index (χ2n) is 6.16. The second kappa shape index (κ2) is 5.58. The van der Waals surface area contributed by atoms with E-state index in [0.29, 0.717) is 18.7 Å². The van der Waals surface area contributed by atoms with Gasteiger partial charge in [-0.1, -0.05) is 35.5 Å². The maximum absolute atomic E-state index is 10.8. The minimum atomic E-state index is -0.873. The molecule has 1 saturated heterocycles. The van der Waals surface area contributed by atoms with E-state index in [4.69, 9.17) is 0 Å². The number of aromatic nitrogens is 3. The van der Waals surface area contributed by atoms with Crippen molar-refractivity contribution in [1.82, 2.24) is 19.9 Å². The lowest BCUT2D eigenvalue weighted by Gasteiger charge is -2.21. The van der Waals surface area contributed by atoms with Crippen molar-refractivity contribution in [3.8, 4) is 0 Å². The first kappa shape index (κ1) is 14.2. The number of nitrogens with zero attached hydrogens (tertiary/aromatic N) is 4. The van der Waals surface area contributed by atoms with Gasteiger partial charge in [0.05, 0.1) is 6.20 Å². The number of benzene rings is 1. The maximum atomic E-state index is 10.8. The first-order valence-corrected chi connectivity index (χ1v) is 7.48. The van der Waals surface area contributed by atoms with Crippen LogP contribution < -0.4 is 0 Å². The molecule has 1 N–H and O–H groups in total. The highest BCUT2D eigenvalue weighted by Gasteiger charge is 2.40. The lowest BCUT2D eigenvalue weighted by Crippen LogP contribution is -2.31. The predicted octanol–water partition coefficient (Wildman–Crippen LogP) is 1.95. The average molecular weight is 286 g/mol. The number of rotatable bonds is 4. The summed E-state index contributed by atoms with van der Waals surface area (Å²) in [6, 6.07) is 10.6. The van der Waals surface area contributed by atoms with Gasteiger partial charge in [-0.15, -0.1) is 5.10 Å². The van der Waals surface area contributed by atoms with Gasteiger partial charge in [0.25, 0.3) is 0 Å². The van der Waals surface area contributed by atoms with Crippen LogP contribution in [0.2, 0.25) is 0 Å². The van der Waals surface area contributed by atoms with E-state index < -0.39 is 5.60 Å². The van der Waals surface area contributed by atoms with Crippen molar-refractivity contribution in [2.45, 2.75) is 38.5 Å². The summed E-state index contributed by atoms with van der Waals surface area (Å²) in [5.74, 6) is 0. The molecule has 112 valence electrons. The molecule has 0 radical (unpaired) electrons. The molecule has 2 aromatic rings. The van der Waals surface area contributed by atoms with E-state index in [-0.39, 0.29) is 6.04 Å². The third kappa shape index (κ3) is 2.99. The molecular formula is C16H22N4O. The van der Waals surface area contributed by atoms with Crippen molar-refractivity contribution in [3.05, 3.63) is 47.8 Å². The number of hydrogen-bond acceptors (Lipinski definition) is 4. The molecule has 2 heterocycles. The zero-order chi connectivity index (χ0) is 14.9. The molecule has 1 aromatic heterocycles. The summed E-state index contributed by atoms with van der Waals surface area (Å²) in [4.78, 5) is 2.27. The predicted molar refractivity (Wildman–Crippen MR) is 80.6 cm³/mol. The van der Waals surface area contributed by atoms with E-state index >= 15 is 0 Å². The molecule has 21 heavy (non-hydrogen) atoms. The van der Waals surface area contributed by atoms with Gasteiger partial charge in [-0.05, 0) is 25.8 Å². The molecule has 1 aliphatic heterocycles. The van der Waals surface area contributed by atoms with Gasteiger partial charge in [0, 0.05) is 25.7 Å². The molecule has 1 aliphatic rings. The van der Waals surface area contributed by atoms with Crippen molar-refractivity contribution in [2.75, 3.05) is 13.1 Å². The summed E-state index contributed by atoms with van der Waals surface area (Å²) in [5, 5.41) is 19.1. The van der Waals surface area contributed by atoms with Crippen molar-refractivity contribution in [1.29, 1.82) is 0 Å². The Balaban J connectivity index is 1.69. The maximum Gasteiger partial charge on any atom is 0.124 e. The van der Waals surface area contributed by atoms with Gasteiger partial charge < -0.3 is 5.11 Å². The van der Waals surface area contributed by atoms with Gasteiger partial charge in [0.2, 0.25) is 0 Å². The highest BCUT2D eigenvalue weighted by molar-refractivity contribution is 5.16. The topological polar surface area (TPSA) is 54.2 Å². The summed E-state index contributed by atoms with van der Waals surface area (Å²) in [6.45, 7) is 6.46. The van der Waals surface area contributed by atoms with E-state index in [1.807, 2.05) is 24.4 Å². The SMILES string of the molecule is CC(C)n1cc(C2(O)CCN(Cc3ccccc3)C2)nn1. The molecular weight excluding hydrogens is 264 g/mol. The zero-order valence-electron chi connectivity index (χ0n) is 12.6. The van der Waals surface area contributed by atoms with Crippen molar-refractivity contribution < 1.29 is 5.11 Å². The summed E-state index contributed by atoms with van der Waals surface area (Å²) < 4.78 is 1.80. The standard InChI is InChI=1S/C16H22N4O/c1-13(2)20-11-15(17-18-20)16(21)8-9-19(12-16)10-14-6-4-3-5-7-14/h3-7,11,13,21H,8-10,12H2,1-2H3. The Bertz CT molecular complexity index is 595. The van der Waals surface area contributed by atoms with Crippen LogP contribution in [-0.4, -0.2) is 38.1 Å². The Labute approximate surface area is 125 Å². The van der Waals surface area contributed by atoms with Crippen molar-refractivity contribution in [3.63, 3.8) is 0 Å². The van der Waals surface area contributed by atoms with Crippen LogP contribution in [-0.2, 0) is 12.1 Å². The lowest BCUT2D eigenvalue weighted by molar-refractivity contribution is 0.0408. The van der Waals surface area contributed by atoms with Crippen LogP contribution in [0, 0.1) is 0 Å². The number of likely N-dealkylation sites (tertiary alicyclic amines) is 1. The Morgan fingerprint density at radius 2 is 2.05 bits per heavy atom. The van der Waals surface area contributed by atoms with Crippen molar-refractivity contribution in [2.24, 2.45) is 0 Å². The van der Waals surface area contributed by atoms with Crippen LogP contribution in [0.25, 0.3) is 0 Å². The highest BCUT2D eigenvalue weighted by Crippen LogP contribution is 2.31. The molecule has 0 amide bonds. The van der Waals surface area contributed by atoms with Crippen molar-refractivity contribution >= 4 is 0 Å². The van der Waals surface area contributed by atoms with E-state index in [0.717, 1.165) is 13.1 Å². The normalized spacial score (nSPS) is 23.0. The van der Waals surface area contributed by atoms with Crippen LogP contribution in [0.4, 0.5) is 0 Å². The molecule has 5 nitrogen and oxygen atoms in total. The fraction of sp³-hybridized carbons (Fsp3) is 0.500. The van der Waals surface area contributed by atoms with Crippen LogP contribution >= 0.6 is 0 Å². The molecule has 0 saturated carbocycles. The molecule has 1 atom stereocenters. The quantitative estimate of drug-likeness (QED) is 0.933. The zero-order valence-corrected chi connectivity index (χ0v) is 12.6. The molecule has 5 heteroatoms.